The Morgan fingerprint density at radius 2 is 1.82 bits per heavy atom. The van der Waals surface area contributed by atoms with Crippen LogP contribution in [0.3, 0.4) is 0 Å². The van der Waals surface area contributed by atoms with Gasteiger partial charge in [0.1, 0.15) is 11.5 Å². The first-order valence-electron chi connectivity index (χ1n) is 3.38. The van der Waals surface area contributed by atoms with Gasteiger partial charge in [0, 0.05) is 0 Å². The van der Waals surface area contributed by atoms with Crippen molar-refractivity contribution in [1.29, 1.82) is 0 Å². The Morgan fingerprint density at radius 3 is 2.18 bits per heavy atom. The van der Waals surface area contributed by atoms with Gasteiger partial charge in [-0.15, -0.1) is 0 Å². The van der Waals surface area contributed by atoms with Crippen LogP contribution in [0.15, 0.2) is 11.5 Å². The molecule has 0 spiro atoms. The lowest BCUT2D eigenvalue weighted by atomic mass is 10.5. The molecule has 0 unspecified atom stereocenters. The highest BCUT2D eigenvalue weighted by Gasteiger charge is 2.36. The van der Waals surface area contributed by atoms with Crippen molar-refractivity contribution in [3.05, 3.63) is 11.5 Å². The van der Waals surface area contributed by atoms with Crippen molar-refractivity contribution >= 4 is 7.82 Å². The van der Waals surface area contributed by atoms with Gasteiger partial charge in [0.05, 0.1) is 6.61 Å². The lowest BCUT2D eigenvalue weighted by Crippen LogP contribution is -1.89. The highest BCUT2D eigenvalue weighted by molar-refractivity contribution is 7.49. The molecular weight excluding hydrogens is 167 g/mol. The van der Waals surface area contributed by atoms with E-state index in [0.29, 0.717) is 18.1 Å². The zero-order chi connectivity index (χ0) is 8.48. The molecule has 0 saturated carbocycles. The van der Waals surface area contributed by atoms with Gasteiger partial charge in [-0.3, -0.25) is 4.52 Å². The fourth-order valence-electron chi connectivity index (χ4n) is 0.693. The summed E-state index contributed by atoms with van der Waals surface area (Å²) in [5.74, 6) is 1.06. The van der Waals surface area contributed by atoms with Crippen molar-refractivity contribution in [2.45, 2.75) is 20.8 Å². The molecular formula is C6H11O4P. The standard InChI is InChI=1S/C6H11O4P/c1-4-8-11(7)9-5(2)6(3)10-11/h4H2,1-3H3. The van der Waals surface area contributed by atoms with E-state index in [9.17, 15) is 4.57 Å². The molecule has 4 nitrogen and oxygen atoms in total. The lowest BCUT2D eigenvalue weighted by Gasteiger charge is -2.08. The molecule has 0 radical (unpaired) electrons. The van der Waals surface area contributed by atoms with Gasteiger partial charge >= 0.3 is 7.82 Å². The summed E-state index contributed by atoms with van der Waals surface area (Å²) in [7, 11) is -3.26. The summed E-state index contributed by atoms with van der Waals surface area (Å²) < 4.78 is 25.9. The summed E-state index contributed by atoms with van der Waals surface area (Å²) in [6.07, 6.45) is 0. The van der Waals surface area contributed by atoms with Crippen molar-refractivity contribution in [1.82, 2.24) is 0 Å². The molecule has 1 heterocycles. The second kappa shape index (κ2) is 2.88. The molecule has 0 atom stereocenters. The maximum atomic E-state index is 11.3. The molecule has 0 fully saturated rings. The van der Waals surface area contributed by atoms with Gasteiger partial charge in [0.25, 0.3) is 0 Å². The van der Waals surface area contributed by atoms with Gasteiger partial charge in [-0.25, -0.2) is 4.57 Å². The molecule has 11 heavy (non-hydrogen) atoms. The van der Waals surface area contributed by atoms with Crippen LogP contribution in [-0.4, -0.2) is 6.61 Å². The summed E-state index contributed by atoms with van der Waals surface area (Å²) >= 11 is 0. The zero-order valence-corrected chi connectivity index (χ0v) is 7.68. The van der Waals surface area contributed by atoms with Crippen molar-refractivity contribution in [2.24, 2.45) is 0 Å². The molecule has 5 heteroatoms. The molecule has 0 aromatic rings. The van der Waals surface area contributed by atoms with E-state index in [1.54, 1.807) is 20.8 Å². The van der Waals surface area contributed by atoms with Crippen molar-refractivity contribution < 1.29 is 18.1 Å². The van der Waals surface area contributed by atoms with E-state index in [2.05, 4.69) is 0 Å². The third kappa shape index (κ3) is 1.76. The highest BCUT2D eigenvalue weighted by atomic mass is 31.2. The topological polar surface area (TPSA) is 44.8 Å². The Bertz CT molecular complexity index is 215. The smallest absolute Gasteiger partial charge is 0.396 e. The van der Waals surface area contributed by atoms with E-state index in [1.807, 2.05) is 0 Å². The van der Waals surface area contributed by atoms with E-state index in [-0.39, 0.29) is 0 Å². The number of hydrogen-bond acceptors (Lipinski definition) is 4. The molecule has 0 bridgehead atoms. The van der Waals surface area contributed by atoms with E-state index < -0.39 is 7.82 Å². The Balaban J connectivity index is 2.65. The van der Waals surface area contributed by atoms with Crippen LogP contribution < -0.4 is 0 Å². The van der Waals surface area contributed by atoms with E-state index in [0.717, 1.165) is 0 Å². The van der Waals surface area contributed by atoms with Gasteiger partial charge in [-0.2, -0.15) is 0 Å². The monoisotopic (exact) mass is 178 g/mol. The summed E-state index contributed by atoms with van der Waals surface area (Å²) in [5.41, 5.74) is 0. The average molecular weight is 178 g/mol. The Kier molecular flexibility index (Phi) is 2.25. The maximum Gasteiger partial charge on any atom is 0.587 e. The summed E-state index contributed by atoms with van der Waals surface area (Å²) in [5, 5.41) is 0. The summed E-state index contributed by atoms with van der Waals surface area (Å²) in [6.45, 7) is 5.43. The van der Waals surface area contributed by atoms with Gasteiger partial charge in [0.2, 0.25) is 0 Å². The van der Waals surface area contributed by atoms with Crippen LogP contribution in [-0.2, 0) is 18.1 Å². The van der Waals surface area contributed by atoms with Crippen molar-refractivity contribution in [3.63, 3.8) is 0 Å². The largest absolute Gasteiger partial charge is 0.587 e. The third-order valence-corrected chi connectivity index (χ3v) is 2.85. The van der Waals surface area contributed by atoms with Crippen LogP contribution in [0.4, 0.5) is 0 Å². The van der Waals surface area contributed by atoms with Crippen LogP contribution in [0, 0.1) is 0 Å². The zero-order valence-electron chi connectivity index (χ0n) is 6.79. The molecule has 1 aliphatic rings. The normalized spacial score (nSPS) is 21.4. The molecule has 1 rings (SSSR count). The molecule has 0 amide bonds. The molecule has 0 saturated heterocycles. The number of rotatable bonds is 2. The number of allylic oxidation sites excluding steroid dienone is 2. The second-order valence-corrected chi connectivity index (χ2v) is 3.68. The number of phosphoric ester groups is 1. The van der Waals surface area contributed by atoms with Crippen molar-refractivity contribution in [2.75, 3.05) is 6.61 Å². The van der Waals surface area contributed by atoms with Crippen LogP contribution in [0.25, 0.3) is 0 Å². The average Bonchev–Trinajstić information content (AvgIpc) is 2.08. The third-order valence-electron chi connectivity index (χ3n) is 1.28. The minimum absolute atomic E-state index is 0.317. The first kappa shape index (κ1) is 8.62. The van der Waals surface area contributed by atoms with Crippen LogP contribution in [0.1, 0.15) is 20.8 Å². The SMILES string of the molecule is CCOP1(=O)OC(C)=C(C)O1. The Labute approximate surface area is 65.8 Å². The van der Waals surface area contributed by atoms with E-state index in [1.165, 1.54) is 0 Å². The molecule has 0 aromatic carbocycles. The first-order chi connectivity index (χ1) is 5.07. The molecule has 0 N–H and O–H groups in total. The Hall–Kier alpha value is -0.470. The molecule has 64 valence electrons. The van der Waals surface area contributed by atoms with Crippen molar-refractivity contribution in [3.8, 4) is 0 Å². The summed E-state index contributed by atoms with van der Waals surface area (Å²) in [6, 6.07) is 0. The van der Waals surface area contributed by atoms with Gasteiger partial charge in [0.15, 0.2) is 0 Å². The predicted octanol–water partition coefficient (Wildman–Crippen LogP) is 2.43. The maximum absolute atomic E-state index is 11.3. The molecule has 0 aliphatic carbocycles. The van der Waals surface area contributed by atoms with Crippen LogP contribution in [0.2, 0.25) is 0 Å². The number of phosphoric acid groups is 1. The van der Waals surface area contributed by atoms with Gasteiger partial charge in [-0.1, -0.05) is 0 Å². The van der Waals surface area contributed by atoms with Gasteiger partial charge < -0.3 is 9.05 Å². The second-order valence-electron chi connectivity index (χ2n) is 2.16. The lowest BCUT2D eigenvalue weighted by molar-refractivity contribution is 0.200. The van der Waals surface area contributed by atoms with E-state index in [4.69, 9.17) is 13.6 Å². The highest BCUT2D eigenvalue weighted by Crippen LogP contribution is 2.57. The van der Waals surface area contributed by atoms with Crippen LogP contribution in [0.5, 0.6) is 0 Å². The minimum Gasteiger partial charge on any atom is -0.396 e. The minimum atomic E-state index is -3.26. The molecule has 1 aliphatic heterocycles. The van der Waals surface area contributed by atoms with E-state index >= 15 is 0 Å². The quantitative estimate of drug-likeness (QED) is 0.609. The fourth-order valence-corrected chi connectivity index (χ4v) is 2.08. The predicted molar refractivity (Wildman–Crippen MR) is 39.8 cm³/mol. The summed E-state index contributed by atoms with van der Waals surface area (Å²) in [4.78, 5) is 0. The van der Waals surface area contributed by atoms with Gasteiger partial charge in [-0.05, 0) is 20.8 Å². The molecule has 0 aromatic heterocycles. The number of hydrogen-bond donors (Lipinski definition) is 0. The fraction of sp³-hybridized carbons (Fsp3) is 0.667. The van der Waals surface area contributed by atoms with Crippen LogP contribution >= 0.6 is 7.82 Å². The Morgan fingerprint density at radius 1 is 1.36 bits per heavy atom. The first-order valence-corrected chi connectivity index (χ1v) is 4.84.